The smallest absolute Gasteiger partial charge is 0.330 e. The van der Waals surface area contributed by atoms with Crippen LogP contribution in [0.4, 0.5) is 0 Å². The lowest BCUT2D eigenvalue weighted by molar-refractivity contribution is -0.150. The van der Waals surface area contributed by atoms with Crippen molar-refractivity contribution < 1.29 is 23.5 Å². The van der Waals surface area contributed by atoms with E-state index in [2.05, 4.69) is 6.92 Å². The first-order chi connectivity index (χ1) is 17.0. The van der Waals surface area contributed by atoms with Crippen LogP contribution >= 0.6 is 8.60 Å². The molecule has 0 spiro atoms. The Balaban J connectivity index is 3.65. The molecule has 6 nitrogen and oxygen atoms in total. The number of rotatable bonds is 27. The quantitative estimate of drug-likeness (QED) is 0.0671. The molecule has 0 aromatic carbocycles. The second-order valence-electron chi connectivity index (χ2n) is 10.1. The first-order valence-electron chi connectivity index (χ1n) is 14.6. The lowest BCUT2D eigenvalue weighted by Crippen LogP contribution is -2.23. The number of unbranched alkanes of at least 4 members (excludes halogenated alkanes) is 16. The van der Waals surface area contributed by atoms with Crippen molar-refractivity contribution in [1.29, 1.82) is 0 Å². The van der Waals surface area contributed by atoms with E-state index in [1.807, 2.05) is 19.0 Å². The summed E-state index contributed by atoms with van der Waals surface area (Å²) in [4.78, 5) is 23.6. The molecule has 0 saturated carbocycles. The van der Waals surface area contributed by atoms with Crippen LogP contribution in [-0.4, -0.2) is 55.7 Å². The van der Waals surface area contributed by atoms with Crippen molar-refractivity contribution in [2.75, 3.05) is 33.9 Å². The predicted octanol–water partition coefficient (Wildman–Crippen LogP) is 8.16. The monoisotopic (exact) mass is 519 g/mol. The van der Waals surface area contributed by atoms with Crippen LogP contribution in [0, 0.1) is 0 Å². The normalized spacial score (nSPS) is 13.3. The van der Waals surface area contributed by atoms with E-state index in [4.69, 9.17) is 13.8 Å². The Bertz CT molecular complexity index is 453. The number of nitrogens with zero attached hydrogens (tertiary/aromatic N) is 1. The van der Waals surface area contributed by atoms with Gasteiger partial charge in [-0.2, -0.15) is 0 Å². The third kappa shape index (κ3) is 26.6. The number of likely N-dealkylation sites (N-methyl/N-ethyl adjacent to an activating group) is 1. The Morgan fingerprint density at radius 2 is 1.20 bits per heavy atom. The summed E-state index contributed by atoms with van der Waals surface area (Å²) < 4.78 is 16.2. The highest BCUT2D eigenvalue weighted by Crippen LogP contribution is 2.33. The average Bonchev–Trinajstić information content (AvgIpc) is 2.83. The van der Waals surface area contributed by atoms with E-state index in [0.29, 0.717) is 13.0 Å². The number of hydrogen-bond donors (Lipinski definition) is 1. The third-order valence-corrected chi connectivity index (χ3v) is 7.10. The van der Waals surface area contributed by atoms with Crippen LogP contribution in [0.5, 0.6) is 0 Å². The number of carbonyl (C=O) groups excluding carboxylic acids is 1. The molecule has 0 radical (unpaired) electrons. The minimum absolute atomic E-state index is 0.189. The van der Waals surface area contributed by atoms with Crippen molar-refractivity contribution in [3.05, 3.63) is 0 Å². The summed E-state index contributed by atoms with van der Waals surface area (Å²) in [5.74, 6) is -0.221. The lowest BCUT2D eigenvalue weighted by atomic mass is 10.0. The zero-order valence-corrected chi connectivity index (χ0v) is 24.5. The van der Waals surface area contributed by atoms with Crippen molar-refractivity contribution in [1.82, 2.24) is 4.90 Å². The molecule has 0 amide bonds. The molecule has 2 unspecified atom stereocenters. The number of carbonyl (C=O) groups is 1. The Labute approximate surface area is 218 Å². The molecule has 2 atom stereocenters. The van der Waals surface area contributed by atoms with Gasteiger partial charge in [-0.25, -0.2) is 0 Å². The van der Waals surface area contributed by atoms with Crippen molar-refractivity contribution in [3.8, 4) is 0 Å². The van der Waals surface area contributed by atoms with E-state index in [0.717, 1.165) is 25.8 Å². The fourth-order valence-electron chi connectivity index (χ4n) is 4.03. The molecule has 0 aliphatic carbocycles. The van der Waals surface area contributed by atoms with Gasteiger partial charge in [0, 0.05) is 13.0 Å². The van der Waals surface area contributed by atoms with Gasteiger partial charge in [0.05, 0.1) is 13.2 Å². The van der Waals surface area contributed by atoms with Crippen LogP contribution in [0.1, 0.15) is 136 Å². The zero-order valence-electron chi connectivity index (χ0n) is 23.6. The first-order valence-corrected chi connectivity index (χ1v) is 15.7. The maximum atomic E-state index is 11.7. The van der Waals surface area contributed by atoms with Crippen LogP contribution in [0.2, 0.25) is 0 Å². The van der Waals surface area contributed by atoms with Gasteiger partial charge in [0.2, 0.25) is 0 Å². The molecule has 0 aromatic heterocycles. The molecule has 1 N–H and O–H groups in total. The zero-order chi connectivity index (χ0) is 26.0. The average molecular weight is 520 g/mol. The minimum Gasteiger partial charge on any atom is -0.460 e. The van der Waals surface area contributed by atoms with E-state index in [1.54, 1.807) is 6.92 Å². The van der Waals surface area contributed by atoms with Crippen molar-refractivity contribution in [2.24, 2.45) is 0 Å². The Morgan fingerprint density at radius 3 is 1.63 bits per heavy atom. The highest BCUT2D eigenvalue weighted by Gasteiger charge is 2.17. The largest absolute Gasteiger partial charge is 0.460 e. The molecule has 0 bridgehead atoms. The standard InChI is InChI=1S/C28H58NO5P/c1-5-7-8-9-10-11-12-13-14-15-16-17-18-19-20-21-22-23-27(34-28(30)6-2)26-33-35(31)32-25-24-29(3)4/h27,31H,5-26H2,1-4H3. The Morgan fingerprint density at radius 1 is 0.743 bits per heavy atom. The molecule has 0 aliphatic heterocycles. The van der Waals surface area contributed by atoms with Gasteiger partial charge in [-0.05, 0) is 26.9 Å². The second-order valence-corrected chi connectivity index (χ2v) is 11.1. The molecule has 0 aliphatic rings. The third-order valence-electron chi connectivity index (χ3n) is 6.33. The molecule has 0 fully saturated rings. The topological polar surface area (TPSA) is 68.2 Å². The van der Waals surface area contributed by atoms with Gasteiger partial charge in [-0.15, -0.1) is 0 Å². The summed E-state index contributed by atoms with van der Waals surface area (Å²) in [6.45, 7) is 5.39. The second kappa shape index (κ2) is 26.8. The molecule has 7 heteroatoms. The first kappa shape index (κ1) is 34.7. The molecule has 0 saturated heterocycles. The van der Waals surface area contributed by atoms with E-state index in [1.165, 1.54) is 96.3 Å². The van der Waals surface area contributed by atoms with Crippen LogP contribution in [0.3, 0.4) is 0 Å². The molecule has 0 rings (SSSR count). The van der Waals surface area contributed by atoms with Gasteiger partial charge in [0.15, 0.2) is 0 Å². The highest BCUT2D eigenvalue weighted by molar-refractivity contribution is 7.40. The maximum absolute atomic E-state index is 11.7. The van der Waals surface area contributed by atoms with Gasteiger partial charge in [-0.3, -0.25) is 4.79 Å². The lowest BCUT2D eigenvalue weighted by Gasteiger charge is -2.19. The maximum Gasteiger partial charge on any atom is 0.330 e. The number of ether oxygens (including phenoxy) is 1. The molecule has 35 heavy (non-hydrogen) atoms. The van der Waals surface area contributed by atoms with E-state index >= 15 is 0 Å². The van der Waals surface area contributed by atoms with Gasteiger partial charge in [0.25, 0.3) is 0 Å². The summed E-state index contributed by atoms with van der Waals surface area (Å²) >= 11 is 0. The summed E-state index contributed by atoms with van der Waals surface area (Å²) in [7, 11) is 1.96. The van der Waals surface area contributed by atoms with Crippen molar-refractivity contribution in [3.63, 3.8) is 0 Å². The molecule has 0 heterocycles. The van der Waals surface area contributed by atoms with Crippen molar-refractivity contribution in [2.45, 2.75) is 142 Å². The summed E-state index contributed by atoms with van der Waals surface area (Å²) in [5.41, 5.74) is 0. The SMILES string of the molecule is CCCCCCCCCCCCCCCCCCCC(COP(O)OCCN(C)C)OC(=O)CC. The number of hydrogen-bond acceptors (Lipinski definition) is 6. The fourth-order valence-corrected chi connectivity index (χ4v) is 4.63. The fraction of sp³-hybridized carbons (Fsp3) is 0.964. The van der Waals surface area contributed by atoms with E-state index in [9.17, 15) is 9.69 Å². The Kier molecular flexibility index (Phi) is 26.6. The molecule has 0 aromatic rings. The minimum atomic E-state index is -1.93. The summed E-state index contributed by atoms with van der Waals surface area (Å²) in [6.07, 6.45) is 23.7. The van der Waals surface area contributed by atoms with E-state index < -0.39 is 8.60 Å². The highest BCUT2D eigenvalue weighted by atomic mass is 31.2. The van der Waals surface area contributed by atoms with Crippen LogP contribution in [-0.2, 0) is 18.6 Å². The molecule has 210 valence electrons. The van der Waals surface area contributed by atoms with Crippen LogP contribution in [0.25, 0.3) is 0 Å². The number of esters is 1. The molecular weight excluding hydrogens is 461 g/mol. The van der Waals surface area contributed by atoms with Gasteiger partial charge < -0.3 is 23.6 Å². The van der Waals surface area contributed by atoms with Gasteiger partial charge in [-0.1, -0.05) is 117 Å². The molecular formula is C28H58NO5P. The van der Waals surface area contributed by atoms with Crippen LogP contribution < -0.4 is 0 Å². The summed E-state index contributed by atoms with van der Waals surface area (Å²) in [6, 6.07) is 0. The van der Waals surface area contributed by atoms with Gasteiger partial charge >= 0.3 is 14.6 Å². The van der Waals surface area contributed by atoms with E-state index in [-0.39, 0.29) is 18.7 Å². The predicted molar refractivity (Wildman–Crippen MR) is 149 cm³/mol. The van der Waals surface area contributed by atoms with Crippen LogP contribution in [0.15, 0.2) is 0 Å². The van der Waals surface area contributed by atoms with Gasteiger partial charge in [0.1, 0.15) is 6.10 Å². The van der Waals surface area contributed by atoms with Crippen molar-refractivity contribution >= 4 is 14.6 Å². The summed E-state index contributed by atoms with van der Waals surface area (Å²) in [5, 5.41) is 0. The Hall–Kier alpha value is -0.260.